The van der Waals surface area contributed by atoms with Crippen molar-refractivity contribution in [1.29, 1.82) is 0 Å². The minimum absolute atomic E-state index is 0.793. The number of aromatic nitrogens is 1. The van der Waals surface area contributed by atoms with Gasteiger partial charge in [0.05, 0.1) is 7.11 Å². The smallest absolute Gasteiger partial charge is 0.118 e. The number of fused-ring (bicyclic) bond motifs is 1. The summed E-state index contributed by atoms with van der Waals surface area (Å²) in [6, 6.07) is 17.2. The normalized spacial score (nSPS) is 15.9. The molecule has 1 N–H and O–H groups in total. The number of rotatable bonds is 8. The maximum atomic E-state index is 5.31. The maximum absolute atomic E-state index is 5.31. The van der Waals surface area contributed by atoms with Gasteiger partial charge in [-0.3, -0.25) is 4.90 Å². The molecule has 1 aromatic heterocycles. The molecule has 2 aromatic carbocycles. The van der Waals surface area contributed by atoms with Gasteiger partial charge in [0.2, 0.25) is 0 Å². The second-order valence-corrected chi connectivity index (χ2v) is 8.85. The first kappa shape index (κ1) is 21.0. The van der Waals surface area contributed by atoms with Crippen LogP contribution in [-0.4, -0.2) is 55.1 Å². The number of aromatic amines is 1. The van der Waals surface area contributed by atoms with Gasteiger partial charge in [-0.1, -0.05) is 30.3 Å². The Kier molecular flexibility index (Phi) is 6.76. The molecule has 2 heterocycles. The third-order valence-electron chi connectivity index (χ3n) is 6.68. The molecule has 160 valence electrons. The van der Waals surface area contributed by atoms with Gasteiger partial charge >= 0.3 is 0 Å². The van der Waals surface area contributed by atoms with Crippen molar-refractivity contribution in [2.24, 2.45) is 5.92 Å². The highest BCUT2D eigenvalue weighted by Crippen LogP contribution is 2.24. The minimum atomic E-state index is 0.793. The second kappa shape index (κ2) is 9.67. The molecule has 4 nitrogen and oxygen atoms in total. The SMILES string of the molecule is COc1ccc(CCN(Cc2[nH]c3ccccc3c2C)CC2CCN(C)CC2)cc1. The number of hydrogen-bond donors (Lipinski definition) is 1. The highest BCUT2D eigenvalue weighted by atomic mass is 16.5. The van der Waals surface area contributed by atoms with Crippen LogP contribution in [0.25, 0.3) is 10.9 Å². The average molecular weight is 406 g/mol. The first-order chi connectivity index (χ1) is 14.6. The van der Waals surface area contributed by atoms with E-state index in [0.717, 1.165) is 31.2 Å². The average Bonchev–Trinajstić information content (AvgIpc) is 3.09. The van der Waals surface area contributed by atoms with E-state index in [-0.39, 0.29) is 0 Å². The Morgan fingerprint density at radius 1 is 1.07 bits per heavy atom. The Balaban J connectivity index is 1.47. The molecule has 0 aliphatic carbocycles. The Hall–Kier alpha value is -2.30. The molecule has 1 saturated heterocycles. The van der Waals surface area contributed by atoms with E-state index in [0.29, 0.717) is 0 Å². The molecule has 0 spiro atoms. The maximum Gasteiger partial charge on any atom is 0.118 e. The molecule has 1 fully saturated rings. The molecule has 0 amide bonds. The molecular weight excluding hydrogens is 370 g/mol. The molecule has 1 aliphatic heterocycles. The number of methoxy groups -OCH3 is 1. The highest BCUT2D eigenvalue weighted by molar-refractivity contribution is 5.84. The molecule has 30 heavy (non-hydrogen) atoms. The zero-order valence-electron chi connectivity index (χ0n) is 18.7. The lowest BCUT2D eigenvalue weighted by Crippen LogP contribution is -2.37. The van der Waals surface area contributed by atoms with E-state index in [2.05, 4.69) is 77.3 Å². The van der Waals surface area contributed by atoms with Gasteiger partial charge in [-0.15, -0.1) is 0 Å². The first-order valence-corrected chi connectivity index (χ1v) is 11.2. The lowest BCUT2D eigenvalue weighted by Gasteiger charge is -2.33. The van der Waals surface area contributed by atoms with Crippen molar-refractivity contribution in [3.05, 3.63) is 65.4 Å². The third kappa shape index (κ3) is 5.05. The molecular formula is C26H35N3O. The van der Waals surface area contributed by atoms with Gasteiger partial charge in [0, 0.05) is 36.2 Å². The molecule has 1 aliphatic rings. The third-order valence-corrected chi connectivity index (χ3v) is 6.68. The highest BCUT2D eigenvalue weighted by Gasteiger charge is 2.21. The van der Waals surface area contributed by atoms with Crippen molar-refractivity contribution in [2.45, 2.75) is 32.7 Å². The van der Waals surface area contributed by atoms with Crippen molar-refractivity contribution in [1.82, 2.24) is 14.8 Å². The number of aryl methyl sites for hydroxylation is 1. The predicted molar refractivity (Wildman–Crippen MR) is 125 cm³/mol. The minimum Gasteiger partial charge on any atom is -0.497 e. The predicted octanol–water partition coefficient (Wildman–Crippen LogP) is 4.87. The molecule has 0 atom stereocenters. The molecule has 0 radical (unpaired) electrons. The Bertz CT molecular complexity index is 939. The molecule has 0 unspecified atom stereocenters. The van der Waals surface area contributed by atoms with Crippen molar-refractivity contribution in [2.75, 3.05) is 40.3 Å². The number of nitrogens with one attached hydrogen (secondary N) is 1. The fraction of sp³-hybridized carbons (Fsp3) is 0.462. The molecule has 0 saturated carbocycles. The summed E-state index contributed by atoms with van der Waals surface area (Å²) in [6.45, 7) is 7.95. The van der Waals surface area contributed by atoms with Gasteiger partial charge in [-0.05, 0) is 81.6 Å². The molecule has 3 aromatic rings. The van der Waals surface area contributed by atoms with E-state index in [1.807, 2.05) is 0 Å². The molecule has 4 rings (SSSR count). The number of piperidine rings is 1. The number of nitrogens with zero attached hydrogens (tertiary/aromatic N) is 2. The van der Waals surface area contributed by atoms with Crippen LogP contribution in [0, 0.1) is 12.8 Å². The summed E-state index contributed by atoms with van der Waals surface area (Å²) < 4.78 is 5.31. The van der Waals surface area contributed by atoms with Crippen LogP contribution in [0.1, 0.15) is 29.7 Å². The standard InChI is InChI=1S/C26H35N3O/c1-20-24-6-4-5-7-25(24)27-26(20)19-29(18-22-12-15-28(2)16-13-22)17-14-21-8-10-23(30-3)11-9-21/h4-11,22,27H,12-19H2,1-3H3. The zero-order valence-corrected chi connectivity index (χ0v) is 18.7. The van der Waals surface area contributed by atoms with Crippen molar-refractivity contribution >= 4 is 10.9 Å². The zero-order chi connectivity index (χ0) is 20.9. The van der Waals surface area contributed by atoms with Crippen molar-refractivity contribution in [3.63, 3.8) is 0 Å². The van der Waals surface area contributed by atoms with Crippen LogP contribution < -0.4 is 4.74 Å². The van der Waals surface area contributed by atoms with E-state index in [1.165, 1.54) is 60.2 Å². The van der Waals surface area contributed by atoms with E-state index in [1.54, 1.807) is 7.11 Å². The summed E-state index contributed by atoms with van der Waals surface area (Å²) in [4.78, 5) is 8.81. The summed E-state index contributed by atoms with van der Waals surface area (Å²) >= 11 is 0. The van der Waals surface area contributed by atoms with Gasteiger partial charge in [0.25, 0.3) is 0 Å². The second-order valence-electron chi connectivity index (χ2n) is 8.85. The first-order valence-electron chi connectivity index (χ1n) is 11.2. The van der Waals surface area contributed by atoms with E-state index < -0.39 is 0 Å². The van der Waals surface area contributed by atoms with Crippen LogP contribution >= 0.6 is 0 Å². The van der Waals surface area contributed by atoms with Crippen LogP contribution in [-0.2, 0) is 13.0 Å². The van der Waals surface area contributed by atoms with Gasteiger partial charge < -0.3 is 14.6 Å². The quantitative estimate of drug-likeness (QED) is 0.580. The van der Waals surface area contributed by atoms with Crippen LogP contribution in [0.4, 0.5) is 0 Å². The number of benzene rings is 2. The van der Waals surface area contributed by atoms with Gasteiger partial charge in [0.15, 0.2) is 0 Å². The number of para-hydroxylation sites is 1. The topological polar surface area (TPSA) is 31.5 Å². The Morgan fingerprint density at radius 3 is 2.50 bits per heavy atom. The largest absolute Gasteiger partial charge is 0.497 e. The fourth-order valence-electron chi connectivity index (χ4n) is 4.64. The Morgan fingerprint density at radius 2 is 1.80 bits per heavy atom. The fourth-order valence-corrected chi connectivity index (χ4v) is 4.64. The number of likely N-dealkylation sites (tertiary alicyclic amines) is 1. The summed E-state index contributed by atoms with van der Waals surface area (Å²) in [5, 5.41) is 1.35. The van der Waals surface area contributed by atoms with Crippen molar-refractivity contribution < 1.29 is 4.74 Å². The van der Waals surface area contributed by atoms with E-state index >= 15 is 0 Å². The lowest BCUT2D eigenvalue weighted by atomic mass is 9.96. The molecule has 4 heteroatoms. The van der Waals surface area contributed by atoms with E-state index in [4.69, 9.17) is 4.74 Å². The number of ether oxygens (including phenoxy) is 1. The number of hydrogen-bond acceptors (Lipinski definition) is 3. The Labute approximate surface area is 180 Å². The van der Waals surface area contributed by atoms with Crippen molar-refractivity contribution in [3.8, 4) is 5.75 Å². The van der Waals surface area contributed by atoms with E-state index in [9.17, 15) is 0 Å². The van der Waals surface area contributed by atoms with Crippen LogP contribution in [0.3, 0.4) is 0 Å². The number of H-pyrrole nitrogens is 1. The van der Waals surface area contributed by atoms with Crippen LogP contribution in [0.5, 0.6) is 5.75 Å². The summed E-state index contributed by atoms with van der Waals surface area (Å²) in [5.74, 6) is 1.72. The summed E-state index contributed by atoms with van der Waals surface area (Å²) in [5.41, 5.74) is 5.37. The molecule has 0 bridgehead atoms. The van der Waals surface area contributed by atoms with Gasteiger partial charge in [-0.25, -0.2) is 0 Å². The van der Waals surface area contributed by atoms with Crippen LogP contribution in [0.2, 0.25) is 0 Å². The van der Waals surface area contributed by atoms with Gasteiger partial charge in [0.1, 0.15) is 5.75 Å². The summed E-state index contributed by atoms with van der Waals surface area (Å²) in [6.07, 6.45) is 3.68. The monoisotopic (exact) mass is 405 g/mol. The van der Waals surface area contributed by atoms with Crippen LogP contribution in [0.15, 0.2) is 48.5 Å². The lowest BCUT2D eigenvalue weighted by molar-refractivity contribution is 0.156. The van der Waals surface area contributed by atoms with Gasteiger partial charge in [-0.2, -0.15) is 0 Å². The summed E-state index contributed by atoms with van der Waals surface area (Å²) in [7, 11) is 3.96.